The van der Waals surface area contributed by atoms with Gasteiger partial charge in [0.25, 0.3) is 0 Å². The van der Waals surface area contributed by atoms with Crippen LogP contribution in [0.1, 0.15) is 269 Å². The summed E-state index contributed by atoms with van der Waals surface area (Å²) >= 11 is 0. The van der Waals surface area contributed by atoms with E-state index in [0.717, 1.165) is 136 Å². The Balaban J connectivity index is 0.000000113. The monoisotopic (exact) mass is 1570 g/mol. The highest BCUT2D eigenvalue weighted by molar-refractivity contribution is 6.12. The summed E-state index contributed by atoms with van der Waals surface area (Å²) < 4.78 is 34.7. The number of rotatable bonds is 12. The average Bonchev–Trinajstić information content (AvgIpc) is 1.59. The van der Waals surface area contributed by atoms with E-state index in [1.165, 1.54) is 215 Å². The Labute approximate surface area is 696 Å². The Morgan fingerprint density at radius 2 is 0.508 bits per heavy atom. The quantitative estimate of drug-likeness (QED) is 0.111. The molecule has 0 amide bonds. The number of aryl methyl sites for hydroxylation is 14. The number of hydrogen-bond acceptors (Lipinski definition) is 8. The van der Waals surface area contributed by atoms with Gasteiger partial charge in [0.15, 0.2) is 47.1 Å². The fourth-order valence-corrected chi connectivity index (χ4v) is 20.4. The minimum Gasteiger partial charge on any atom is -0.437 e. The van der Waals surface area contributed by atoms with Gasteiger partial charge in [-0.05, 0) is 248 Å². The van der Waals surface area contributed by atoms with Gasteiger partial charge in [0.05, 0.1) is 22.3 Å². The van der Waals surface area contributed by atoms with E-state index in [2.05, 4.69) is 290 Å². The number of benzene rings is 4. The van der Waals surface area contributed by atoms with Crippen LogP contribution < -0.4 is 18.3 Å². The molecule has 604 valence electrons. The molecule has 118 heavy (non-hydrogen) atoms. The first-order chi connectivity index (χ1) is 57.0. The Hall–Kier alpha value is -10.7. The lowest BCUT2D eigenvalue weighted by molar-refractivity contribution is -0.661. The van der Waals surface area contributed by atoms with Crippen LogP contribution in [0, 0.1) is 55.4 Å². The molecule has 12 heteroatoms. The summed E-state index contributed by atoms with van der Waals surface area (Å²) in [5, 5.41) is 8.97. The van der Waals surface area contributed by atoms with E-state index >= 15 is 0 Å². The fraction of sp³-hybridized carbons (Fsp3) is 0.396. The molecule has 0 spiro atoms. The Morgan fingerprint density at radius 1 is 0.288 bits per heavy atom. The zero-order valence-corrected chi connectivity index (χ0v) is 73.3. The summed E-state index contributed by atoms with van der Waals surface area (Å²) in [5.74, 6) is 3.63. The first-order valence-electron chi connectivity index (χ1n) is 44.3. The molecule has 0 saturated heterocycles. The zero-order valence-electron chi connectivity index (χ0n) is 73.3. The molecule has 0 aliphatic heterocycles. The van der Waals surface area contributed by atoms with Crippen molar-refractivity contribution in [3.63, 3.8) is 0 Å². The Bertz CT molecular complexity index is 6160. The fourth-order valence-electron chi connectivity index (χ4n) is 20.4. The van der Waals surface area contributed by atoms with Crippen LogP contribution in [-0.2, 0) is 41.0 Å². The molecule has 0 bridgehead atoms. The minimum atomic E-state index is 0.382. The van der Waals surface area contributed by atoms with Gasteiger partial charge in [-0.3, -0.25) is 0 Å². The SMILES string of the molecule is CCc1ccc2c(n1)oc1c(-c3cc(C)c(C4CCCC4)c[n+]3C)c(C)ccc12.CCc1ccc2c(n1)oc1c(-c3cc(C)c(C4CCCC4)c[n+]3C)c(C)ccc12.Cc1cc(-c2c(C)ccc3c2oc2nc(C(C)C)ccc23)[n+](C)cc1C1CCCC1.Cc1cc(-c2c(C)ccc3c2oc2nc(C(C)C)ccc23)[n+](C)cc1C1CCCC1. The van der Waals surface area contributed by atoms with Gasteiger partial charge in [-0.15, -0.1) is 0 Å². The first kappa shape index (κ1) is 79.7. The van der Waals surface area contributed by atoms with Crippen molar-refractivity contribution in [2.24, 2.45) is 28.2 Å². The maximum absolute atomic E-state index is 6.41. The molecule has 4 aliphatic carbocycles. The van der Waals surface area contributed by atoms with E-state index in [9.17, 15) is 0 Å². The summed E-state index contributed by atoms with van der Waals surface area (Å²) in [7, 11) is 8.68. The molecule has 0 N–H and O–H groups in total. The van der Waals surface area contributed by atoms with Crippen LogP contribution in [0.2, 0.25) is 0 Å². The number of aromatic nitrogens is 8. The molecule has 4 saturated carbocycles. The average molecular weight is 1570 g/mol. The zero-order chi connectivity index (χ0) is 82.2. The van der Waals surface area contributed by atoms with Crippen molar-refractivity contribution >= 4 is 88.3 Å². The molecular weight excluding hydrogens is 1450 g/mol. The standard InChI is InChI=1S/2C27H31N2O.2C26H29N2O/c2*1-16(2)23-13-12-21-20-11-10-17(3)25(26(20)30-27(21)28-23)24-14-18(4)22(15-29(24)5)19-8-6-7-9-19;2*1-5-19-11-13-21-20-12-10-16(2)24(25(20)29-26(21)27-19)23-14-17(3)22(15-28(23)4)18-8-6-7-9-18/h2*10-16,19H,6-9H2,1-5H3;2*10-15,18H,5-9H2,1-4H3/q4*+1. The van der Waals surface area contributed by atoms with Crippen LogP contribution in [-0.4, -0.2) is 19.9 Å². The van der Waals surface area contributed by atoms with Gasteiger partial charge in [0, 0.05) is 112 Å². The highest BCUT2D eigenvalue weighted by atomic mass is 16.4. The van der Waals surface area contributed by atoms with E-state index in [1.54, 1.807) is 0 Å². The van der Waals surface area contributed by atoms with Crippen LogP contribution in [0.5, 0.6) is 0 Å². The maximum atomic E-state index is 6.41. The van der Waals surface area contributed by atoms with Crippen molar-refractivity contribution < 1.29 is 35.9 Å². The number of hydrogen-bond donors (Lipinski definition) is 0. The molecule has 20 rings (SSSR count). The van der Waals surface area contributed by atoms with Gasteiger partial charge < -0.3 is 17.7 Å². The predicted octanol–water partition coefficient (Wildman–Crippen LogP) is 26.4. The highest BCUT2D eigenvalue weighted by Crippen LogP contribution is 2.46. The van der Waals surface area contributed by atoms with Crippen molar-refractivity contribution in [1.82, 2.24) is 19.9 Å². The third kappa shape index (κ3) is 14.9. The van der Waals surface area contributed by atoms with E-state index in [-0.39, 0.29) is 0 Å². The van der Waals surface area contributed by atoms with Crippen LogP contribution in [0.25, 0.3) is 133 Å². The summed E-state index contributed by atoms with van der Waals surface area (Å²) in [6.45, 7) is 30.7. The van der Waals surface area contributed by atoms with E-state index in [0.29, 0.717) is 23.7 Å². The van der Waals surface area contributed by atoms with Gasteiger partial charge in [-0.1, -0.05) is 141 Å². The van der Waals surface area contributed by atoms with Crippen molar-refractivity contribution in [1.29, 1.82) is 0 Å². The molecule has 0 unspecified atom stereocenters. The van der Waals surface area contributed by atoms with Gasteiger partial charge in [0.1, 0.15) is 28.2 Å². The van der Waals surface area contributed by atoms with Crippen molar-refractivity contribution in [3.8, 4) is 45.0 Å². The molecule has 12 nitrogen and oxygen atoms in total. The van der Waals surface area contributed by atoms with Gasteiger partial charge >= 0.3 is 0 Å². The smallest absolute Gasteiger partial charge is 0.227 e. The third-order valence-corrected chi connectivity index (χ3v) is 27.2. The molecular formula is C106H120N8O4+4. The second kappa shape index (κ2) is 32.9. The lowest BCUT2D eigenvalue weighted by atomic mass is 9.93. The first-order valence-corrected chi connectivity index (χ1v) is 44.3. The van der Waals surface area contributed by atoms with Crippen molar-refractivity contribution in [2.45, 2.75) is 248 Å². The lowest BCUT2D eigenvalue weighted by Crippen LogP contribution is -2.32. The largest absolute Gasteiger partial charge is 0.437 e. The predicted molar refractivity (Wildman–Crippen MR) is 482 cm³/mol. The van der Waals surface area contributed by atoms with Crippen molar-refractivity contribution in [2.75, 3.05) is 0 Å². The van der Waals surface area contributed by atoms with Gasteiger partial charge in [0.2, 0.25) is 45.6 Å². The molecule has 4 aliphatic rings. The van der Waals surface area contributed by atoms with E-state index < -0.39 is 0 Å². The maximum Gasteiger partial charge on any atom is 0.227 e. The second-order valence-corrected chi connectivity index (χ2v) is 36.0. The Kier molecular flexibility index (Phi) is 22.2. The van der Waals surface area contributed by atoms with Gasteiger partial charge in [-0.2, -0.15) is 0 Å². The molecule has 4 aromatic carbocycles. The summed E-state index contributed by atoms with van der Waals surface area (Å²) in [6.07, 6.45) is 32.7. The third-order valence-electron chi connectivity index (χ3n) is 27.2. The van der Waals surface area contributed by atoms with E-state index in [1.807, 2.05) is 0 Å². The summed E-state index contributed by atoms with van der Waals surface area (Å²) in [4.78, 5) is 19.1. The molecule has 12 aromatic heterocycles. The van der Waals surface area contributed by atoms with Crippen LogP contribution in [0.3, 0.4) is 0 Å². The highest BCUT2D eigenvalue weighted by Gasteiger charge is 2.33. The number of pyridine rings is 8. The Morgan fingerprint density at radius 3 is 0.737 bits per heavy atom. The van der Waals surface area contributed by atoms with Crippen LogP contribution in [0.4, 0.5) is 0 Å². The topological polar surface area (TPSA) is 120 Å². The molecule has 12 heterocycles. The minimum absolute atomic E-state index is 0.382. The lowest BCUT2D eigenvalue weighted by Gasteiger charge is -2.13. The summed E-state index contributed by atoms with van der Waals surface area (Å²) in [5.41, 5.74) is 37.1. The second-order valence-electron chi connectivity index (χ2n) is 36.0. The molecule has 4 fully saturated rings. The number of nitrogens with zero attached hydrogens (tertiary/aromatic N) is 8. The molecule has 16 aromatic rings. The van der Waals surface area contributed by atoms with Crippen LogP contribution in [0.15, 0.2) is 164 Å². The van der Waals surface area contributed by atoms with E-state index in [4.69, 9.17) is 37.6 Å². The number of furan rings is 4. The van der Waals surface area contributed by atoms with Crippen LogP contribution >= 0.6 is 0 Å². The molecule has 0 atom stereocenters. The normalized spacial score (nSPS) is 15.1. The summed E-state index contributed by atoms with van der Waals surface area (Å²) in [6, 6.07) is 44.1. The van der Waals surface area contributed by atoms with Gasteiger partial charge in [-0.25, -0.2) is 38.2 Å². The van der Waals surface area contributed by atoms with Crippen molar-refractivity contribution in [3.05, 3.63) is 236 Å². The number of fused-ring (bicyclic) bond motifs is 12. The molecule has 0 radical (unpaired) electrons.